The topological polar surface area (TPSA) is 48.1 Å². The van der Waals surface area contributed by atoms with E-state index in [0.717, 1.165) is 30.2 Å². The molecule has 0 radical (unpaired) electrons. The van der Waals surface area contributed by atoms with Gasteiger partial charge in [0, 0.05) is 35.9 Å². The summed E-state index contributed by atoms with van der Waals surface area (Å²) in [5.74, 6) is 2.10. The van der Waals surface area contributed by atoms with E-state index in [1.807, 2.05) is 30.0 Å². The molecule has 1 aliphatic heterocycles. The number of ether oxygens (including phenoxy) is 1. The Morgan fingerprint density at radius 3 is 3.20 bits per heavy atom. The van der Waals surface area contributed by atoms with E-state index in [-0.39, 0.29) is 12.1 Å². The van der Waals surface area contributed by atoms with E-state index < -0.39 is 0 Å². The van der Waals surface area contributed by atoms with Gasteiger partial charge in [-0.1, -0.05) is 6.07 Å². The van der Waals surface area contributed by atoms with Crippen LogP contribution in [0.5, 0.6) is 0 Å². The van der Waals surface area contributed by atoms with Gasteiger partial charge in [0.1, 0.15) is 0 Å². The molecule has 2 unspecified atom stereocenters. The van der Waals surface area contributed by atoms with Gasteiger partial charge in [-0.3, -0.25) is 4.98 Å². The van der Waals surface area contributed by atoms with Crippen LogP contribution in [0.15, 0.2) is 24.4 Å². The third kappa shape index (κ3) is 3.19. The lowest BCUT2D eigenvalue weighted by atomic mass is 10.1. The first-order chi connectivity index (χ1) is 7.36. The Labute approximate surface area is 94.4 Å². The predicted molar refractivity (Wildman–Crippen MR) is 63.0 cm³/mol. The standard InChI is InChI=1S/C11H16N2OS/c12-10(11-8-15-6-5-14-11)7-9-3-1-2-4-13-9/h1-4,10-11H,5-8,12H2. The number of hydrogen-bond donors (Lipinski definition) is 1. The van der Waals surface area contributed by atoms with Crippen molar-refractivity contribution < 1.29 is 4.74 Å². The van der Waals surface area contributed by atoms with Crippen LogP contribution < -0.4 is 5.73 Å². The molecule has 2 N–H and O–H groups in total. The van der Waals surface area contributed by atoms with E-state index in [1.54, 1.807) is 6.20 Å². The lowest BCUT2D eigenvalue weighted by Gasteiger charge is -2.27. The Hall–Kier alpha value is -0.580. The van der Waals surface area contributed by atoms with Crippen molar-refractivity contribution in [1.82, 2.24) is 4.98 Å². The zero-order chi connectivity index (χ0) is 10.5. The molecule has 1 aromatic heterocycles. The molecule has 0 bridgehead atoms. The highest BCUT2D eigenvalue weighted by Gasteiger charge is 2.21. The molecule has 0 spiro atoms. The zero-order valence-corrected chi connectivity index (χ0v) is 9.45. The number of thioether (sulfide) groups is 1. The average Bonchev–Trinajstić information content (AvgIpc) is 2.31. The fourth-order valence-corrected chi connectivity index (χ4v) is 2.60. The predicted octanol–water partition coefficient (Wildman–Crippen LogP) is 1.08. The second-order valence-electron chi connectivity index (χ2n) is 3.67. The molecule has 15 heavy (non-hydrogen) atoms. The van der Waals surface area contributed by atoms with Crippen molar-refractivity contribution in [2.75, 3.05) is 18.1 Å². The zero-order valence-electron chi connectivity index (χ0n) is 8.63. The van der Waals surface area contributed by atoms with E-state index in [1.165, 1.54) is 0 Å². The average molecular weight is 224 g/mol. The van der Waals surface area contributed by atoms with Crippen LogP contribution in [0.25, 0.3) is 0 Å². The van der Waals surface area contributed by atoms with E-state index in [2.05, 4.69) is 4.98 Å². The van der Waals surface area contributed by atoms with E-state index in [9.17, 15) is 0 Å². The fourth-order valence-electron chi connectivity index (χ4n) is 1.65. The summed E-state index contributed by atoms with van der Waals surface area (Å²) in [7, 11) is 0. The first kappa shape index (κ1) is 10.9. The van der Waals surface area contributed by atoms with Gasteiger partial charge in [-0.15, -0.1) is 0 Å². The van der Waals surface area contributed by atoms with Crippen LogP contribution in [0.4, 0.5) is 0 Å². The van der Waals surface area contributed by atoms with Crippen molar-refractivity contribution in [1.29, 1.82) is 0 Å². The highest BCUT2D eigenvalue weighted by atomic mass is 32.2. The molecule has 82 valence electrons. The van der Waals surface area contributed by atoms with Gasteiger partial charge >= 0.3 is 0 Å². The van der Waals surface area contributed by atoms with Crippen LogP contribution in [-0.2, 0) is 11.2 Å². The Morgan fingerprint density at radius 2 is 2.53 bits per heavy atom. The van der Waals surface area contributed by atoms with E-state index in [4.69, 9.17) is 10.5 Å². The molecule has 2 heterocycles. The monoisotopic (exact) mass is 224 g/mol. The lowest BCUT2D eigenvalue weighted by molar-refractivity contribution is 0.0569. The molecule has 2 rings (SSSR count). The molecule has 0 aromatic carbocycles. The third-order valence-corrected chi connectivity index (χ3v) is 3.51. The maximum Gasteiger partial charge on any atom is 0.0820 e. The van der Waals surface area contributed by atoms with Crippen LogP contribution in [-0.4, -0.2) is 35.2 Å². The first-order valence-electron chi connectivity index (χ1n) is 5.21. The fraction of sp³-hybridized carbons (Fsp3) is 0.545. The Balaban J connectivity index is 1.88. The van der Waals surface area contributed by atoms with Gasteiger partial charge in [0.05, 0.1) is 12.7 Å². The lowest BCUT2D eigenvalue weighted by Crippen LogP contribution is -2.42. The van der Waals surface area contributed by atoms with Crippen LogP contribution in [0.3, 0.4) is 0 Å². The number of nitrogens with zero attached hydrogens (tertiary/aromatic N) is 1. The molecule has 3 nitrogen and oxygen atoms in total. The van der Waals surface area contributed by atoms with Gasteiger partial charge in [0.25, 0.3) is 0 Å². The molecule has 0 amide bonds. The molecule has 1 saturated heterocycles. The number of aromatic nitrogens is 1. The van der Waals surface area contributed by atoms with Crippen molar-refractivity contribution in [3.05, 3.63) is 30.1 Å². The molecule has 1 aliphatic rings. The molecule has 1 fully saturated rings. The Kier molecular flexibility index (Phi) is 4.00. The van der Waals surface area contributed by atoms with Gasteiger partial charge in [-0.25, -0.2) is 0 Å². The molecule has 0 saturated carbocycles. The smallest absolute Gasteiger partial charge is 0.0820 e. The Morgan fingerprint density at radius 1 is 1.60 bits per heavy atom. The maximum absolute atomic E-state index is 6.10. The summed E-state index contributed by atoms with van der Waals surface area (Å²) >= 11 is 1.92. The maximum atomic E-state index is 6.10. The van der Waals surface area contributed by atoms with Crippen LogP contribution in [0.1, 0.15) is 5.69 Å². The van der Waals surface area contributed by atoms with Crippen molar-refractivity contribution in [3.8, 4) is 0 Å². The van der Waals surface area contributed by atoms with Gasteiger partial charge in [0.15, 0.2) is 0 Å². The SMILES string of the molecule is NC(Cc1ccccn1)C1CSCCO1. The van der Waals surface area contributed by atoms with Crippen LogP contribution in [0, 0.1) is 0 Å². The molecular weight excluding hydrogens is 208 g/mol. The number of rotatable bonds is 3. The largest absolute Gasteiger partial charge is 0.375 e. The molecule has 2 atom stereocenters. The van der Waals surface area contributed by atoms with E-state index in [0.29, 0.717) is 0 Å². The van der Waals surface area contributed by atoms with Gasteiger partial charge in [0.2, 0.25) is 0 Å². The quantitative estimate of drug-likeness (QED) is 0.834. The Bertz CT molecular complexity index is 288. The summed E-state index contributed by atoms with van der Waals surface area (Å²) in [4.78, 5) is 4.27. The van der Waals surface area contributed by atoms with Crippen LogP contribution in [0.2, 0.25) is 0 Å². The van der Waals surface area contributed by atoms with Gasteiger partial charge in [-0.05, 0) is 12.1 Å². The summed E-state index contributed by atoms with van der Waals surface area (Å²) in [5.41, 5.74) is 7.15. The van der Waals surface area contributed by atoms with Crippen LogP contribution >= 0.6 is 11.8 Å². The normalized spacial score (nSPS) is 23.7. The molecule has 4 heteroatoms. The summed E-state index contributed by atoms with van der Waals surface area (Å²) in [6, 6.07) is 5.98. The second kappa shape index (κ2) is 5.49. The van der Waals surface area contributed by atoms with Gasteiger partial charge in [-0.2, -0.15) is 11.8 Å². The minimum absolute atomic E-state index is 0.0627. The summed E-state index contributed by atoms with van der Waals surface area (Å²) in [6.45, 7) is 0.825. The second-order valence-corrected chi connectivity index (χ2v) is 4.82. The molecule has 1 aromatic rings. The van der Waals surface area contributed by atoms with Crippen molar-refractivity contribution >= 4 is 11.8 Å². The number of pyridine rings is 1. The number of nitrogens with two attached hydrogens (primary N) is 1. The van der Waals surface area contributed by atoms with Crippen molar-refractivity contribution in [2.45, 2.75) is 18.6 Å². The van der Waals surface area contributed by atoms with Crippen molar-refractivity contribution in [2.24, 2.45) is 5.73 Å². The minimum Gasteiger partial charge on any atom is -0.375 e. The highest BCUT2D eigenvalue weighted by Crippen LogP contribution is 2.16. The molecule has 0 aliphatic carbocycles. The summed E-state index contributed by atoms with van der Waals surface area (Å²) in [5, 5.41) is 0. The van der Waals surface area contributed by atoms with Gasteiger partial charge < -0.3 is 10.5 Å². The minimum atomic E-state index is 0.0627. The van der Waals surface area contributed by atoms with Crippen molar-refractivity contribution in [3.63, 3.8) is 0 Å². The third-order valence-electron chi connectivity index (χ3n) is 2.49. The van der Waals surface area contributed by atoms with E-state index >= 15 is 0 Å². The number of hydrogen-bond acceptors (Lipinski definition) is 4. The summed E-state index contributed by atoms with van der Waals surface area (Å²) in [6.07, 6.45) is 2.79. The highest BCUT2D eigenvalue weighted by molar-refractivity contribution is 7.99. The first-order valence-corrected chi connectivity index (χ1v) is 6.36. The molecular formula is C11H16N2OS. The summed E-state index contributed by atoms with van der Waals surface area (Å²) < 4.78 is 5.64.